The van der Waals surface area contributed by atoms with Crippen molar-refractivity contribution in [2.75, 3.05) is 4.90 Å². The Labute approximate surface area is 352 Å². The van der Waals surface area contributed by atoms with E-state index in [0.29, 0.717) is 5.92 Å². The molecule has 0 amide bonds. The lowest BCUT2D eigenvalue weighted by atomic mass is 9.78. The van der Waals surface area contributed by atoms with Gasteiger partial charge in [-0.05, 0) is 114 Å². The lowest BCUT2D eigenvalue weighted by molar-refractivity contribution is 0.445. The predicted molar refractivity (Wildman–Crippen MR) is 256 cm³/mol. The molecule has 1 fully saturated rings. The van der Waals surface area contributed by atoms with E-state index in [1.165, 1.54) is 109 Å². The average molecular weight is 768 g/mol. The van der Waals surface area contributed by atoms with Gasteiger partial charge < -0.3 is 4.90 Å². The maximum atomic E-state index is 2.53. The highest BCUT2D eigenvalue weighted by Crippen LogP contribution is 2.48. The third-order valence-electron chi connectivity index (χ3n) is 12.8. The van der Waals surface area contributed by atoms with E-state index in [-0.39, 0.29) is 10.8 Å². The summed E-state index contributed by atoms with van der Waals surface area (Å²) in [4.78, 5) is 2.53. The molecule has 1 heteroatoms. The largest absolute Gasteiger partial charge is 0.309 e. The van der Waals surface area contributed by atoms with Gasteiger partial charge in [0.15, 0.2) is 0 Å². The Kier molecular flexibility index (Phi) is 10.3. The van der Waals surface area contributed by atoms with Crippen molar-refractivity contribution in [3.63, 3.8) is 0 Å². The highest BCUT2D eigenvalue weighted by Gasteiger charge is 2.26. The molecule has 0 heterocycles. The second-order valence-corrected chi connectivity index (χ2v) is 18.8. The van der Waals surface area contributed by atoms with Crippen LogP contribution in [-0.2, 0) is 10.8 Å². The summed E-state index contributed by atoms with van der Waals surface area (Å²) in [5, 5.41) is 5.25. The van der Waals surface area contributed by atoms with Crippen LogP contribution in [0.4, 0.5) is 17.1 Å². The van der Waals surface area contributed by atoms with Crippen molar-refractivity contribution in [1.82, 2.24) is 0 Å². The molecule has 1 saturated carbocycles. The topological polar surface area (TPSA) is 3.24 Å². The van der Waals surface area contributed by atoms with Gasteiger partial charge in [-0.3, -0.25) is 0 Å². The molecular weight excluding hydrogens is 711 g/mol. The summed E-state index contributed by atoms with van der Waals surface area (Å²) in [6.07, 6.45) is 6.50. The van der Waals surface area contributed by atoms with E-state index in [1.54, 1.807) is 0 Å². The number of fused-ring (bicyclic) bond motifs is 2. The van der Waals surface area contributed by atoms with Gasteiger partial charge in [0.2, 0.25) is 0 Å². The monoisotopic (exact) mass is 767 g/mol. The van der Waals surface area contributed by atoms with Gasteiger partial charge in [0.05, 0.1) is 11.4 Å². The average Bonchev–Trinajstić information content (AvgIpc) is 3.26. The van der Waals surface area contributed by atoms with Crippen LogP contribution in [0.5, 0.6) is 0 Å². The number of rotatable bonds is 7. The zero-order valence-electron chi connectivity index (χ0n) is 35.7. The lowest BCUT2D eigenvalue weighted by Crippen LogP contribution is -2.17. The van der Waals surface area contributed by atoms with Crippen LogP contribution in [0.25, 0.3) is 54.9 Å². The van der Waals surface area contributed by atoms with Gasteiger partial charge in [0, 0.05) is 16.8 Å². The molecule has 294 valence electrons. The maximum absolute atomic E-state index is 2.53. The second-order valence-electron chi connectivity index (χ2n) is 18.8. The standard InChI is InChI=1S/C58H57N/c1-57(2,3)45-37-44(38-46(39-45)58(4,5)6)50-26-12-14-31-54(50)59(47-35-33-42(34-36-47)49-28-16-22-40-21-10-11-25-48(40)49)55-32-15-13-27-52(55)53-30-18-24-43-23-17-29-51(56(43)53)41-19-8-7-9-20-41/h10-18,21-39,41H,7-9,19-20H2,1-6H3. The summed E-state index contributed by atoms with van der Waals surface area (Å²) >= 11 is 0. The summed E-state index contributed by atoms with van der Waals surface area (Å²) in [6, 6.07) is 64.0. The van der Waals surface area contributed by atoms with Gasteiger partial charge in [-0.2, -0.15) is 0 Å². The summed E-state index contributed by atoms with van der Waals surface area (Å²) in [5.41, 5.74) is 15.2. The van der Waals surface area contributed by atoms with Gasteiger partial charge in [0.25, 0.3) is 0 Å². The number of hydrogen-bond acceptors (Lipinski definition) is 1. The second kappa shape index (κ2) is 15.7. The van der Waals surface area contributed by atoms with Crippen LogP contribution in [0.3, 0.4) is 0 Å². The Morgan fingerprint density at radius 2 is 0.949 bits per heavy atom. The molecule has 1 aliphatic rings. The predicted octanol–water partition coefficient (Wildman–Crippen LogP) is 17.1. The first-order valence-electron chi connectivity index (χ1n) is 21.8. The molecular formula is C58H57N. The number of anilines is 3. The Hall–Kier alpha value is -5.92. The minimum atomic E-state index is -0.000905. The van der Waals surface area contributed by atoms with Crippen LogP contribution in [-0.4, -0.2) is 0 Å². The Morgan fingerprint density at radius 1 is 0.424 bits per heavy atom. The molecule has 0 unspecified atom stereocenters. The maximum Gasteiger partial charge on any atom is 0.0540 e. The molecule has 0 atom stereocenters. The summed E-state index contributed by atoms with van der Waals surface area (Å²) in [7, 11) is 0. The first kappa shape index (κ1) is 38.6. The molecule has 1 aliphatic carbocycles. The van der Waals surface area contributed by atoms with Crippen molar-refractivity contribution in [3.05, 3.63) is 187 Å². The molecule has 0 spiro atoms. The number of nitrogens with zero attached hydrogens (tertiary/aromatic N) is 1. The zero-order chi connectivity index (χ0) is 40.7. The quantitative estimate of drug-likeness (QED) is 0.156. The summed E-state index contributed by atoms with van der Waals surface area (Å²) in [5.74, 6) is 0.589. The lowest BCUT2D eigenvalue weighted by Gasteiger charge is -2.31. The molecule has 0 bridgehead atoms. The van der Waals surface area contributed by atoms with Crippen LogP contribution in [0, 0.1) is 0 Å². The molecule has 8 aromatic rings. The third-order valence-corrected chi connectivity index (χ3v) is 12.8. The van der Waals surface area contributed by atoms with Crippen molar-refractivity contribution in [2.45, 2.75) is 90.4 Å². The highest BCUT2D eigenvalue weighted by molar-refractivity contribution is 6.04. The molecule has 0 aromatic heterocycles. The molecule has 0 saturated heterocycles. The normalized spacial score (nSPS) is 13.9. The van der Waals surface area contributed by atoms with E-state index < -0.39 is 0 Å². The summed E-state index contributed by atoms with van der Waals surface area (Å²) < 4.78 is 0. The number of hydrogen-bond donors (Lipinski definition) is 0. The van der Waals surface area contributed by atoms with Crippen molar-refractivity contribution in [2.24, 2.45) is 0 Å². The molecule has 0 aliphatic heterocycles. The minimum Gasteiger partial charge on any atom is -0.309 e. The van der Waals surface area contributed by atoms with Crippen LogP contribution >= 0.6 is 0 Å². The van der Waals surface area contributed by atoms with Gasteiger partial charge in [-0.25, -0.2) is 0 Å². The van der Waals surface area contributed by atoms with E-state index in [2.05, 4.69) is 216 Å². The molecule has 8 aromatic carbocycles. The van der Waals surface area contributed by atoms with Gasteiger partial charge >= 0.3 is 0 Å². The molecule has 59 heavy (non-hydrogen) atoms. The molecule has 0 radical (unpaired) electrons. The highest BCUT2D eigenvalue weighted by atomic mass is 15.1. The first-order valence-corrected chi connectivity index (χ1v) is 21.8. The van der Waals surface area contributed by atoms with E-state index in [4.69, 9.17) is 0 Å². The molecule has 9 rings (SSSR count). The Bertz CT molecular complexity index is 2720. The fourth-order valence-corrected chi connectivity index (χ4v) is 9.48. The number of benzene rings is 8. The fourth-order valence-electron chi connectivity index (χ4n) is 9.48. The zero-order valence-corrected chi connectivity index (χ0v) is 35.7. The van der Waals surface area contributed by atoms with Crippen LogP contribution in [0.1, 0.15) is 96.3 Å². The van der Waals surface area contributed by atoms with Gasteiger partial charge in [-0.1, -0.05) is 206 Å². The van der Waals surface area contributed by atoms with Crippen molar-refractivity contribution in [1.29, 1.82) is 0 Å². The van der Waals surface area contributed by atoms with Crippen LogP contribution in [0.2, 0.25) is 0 Å². The van der Waals surface area contributed by atoms with Gasteiger partial charge in [-0.15, -0.1) is 0 Å². The fraction of sp³-hybridized carbons (Fsp3) is 0.241. The third kappa shape index (κ3) is 7.60. The smallest absolute Gasteiger partial charge is 0.0540 e. The van der Waals surface area contributed by atoms with Gasteiger partial charge in [0.1, 0.15) is 0 Å². The van der Waals surface area contributed by atoms with E-state index in [1.807, 2.05) is 0 Å². The Morgan fingerprint density at radius 3 is 1.63 bits per heavy atom. The van der Waals surface area contributed by atoms with E-state index in [9.17, 15) is 0 Å². The van der Waals surface area contributed by atoms with E-state index >= 15 is 0 Å². The van der Waals surface area contributed by atoms with Crippen LogP contribution in [0.15, 0.2) is 170 Å². The summed E-state index contributed by atoms with van der Waals surface area (Å²) in [6.45, 7) is 14.0. The Balaban J connectivity index is 1.28. The minimum absolute atomic E-state index is 0.000905. The van der Waals surface area contributed by atoms with E-state index in [0.717, 1.165) is 11.4 Å². The van der Waals surface area contributed by atoms with Crippen molar-refractivity contribution < 1.29 is 0 Å². The number of para-hydroxylation sites is 2. The SMILES string of the molecule is CC(C)(C)c1cc(-c2ccccc2N(c2ccc(-c3cccc4ccccc34)cc2)c2ccccc2-c2cccc3cccc(C4CCCCC4)c23)cc(C(C)(C)C)c1. The van der Waals surface area contributed by atoms with Crippen molar-refractivity contribution in [3.8, 4) is 33.4 Å². The molecule has 0 N–H and O–H groups in total. The molecule has 1 nitrogen and oxygen atoms in total. The van der Waals surface area contributed by atoms with Crippen LogP contribution < -0.4 is 4.90 Å². The van der Waals surface area contributed by atoms with Crippen molar-refractivity contribution >= 4 is 38.6 Å². The first-order chi connectivity index (χ1) is 28.5.